The summed E-state index contributed by atoms with van der Waals surface area (Å²) >= 11 is 0. The predicted octanol–water partition coefficient (Wildman–Crippen LogP) is 6.06. The Bertz CT molecular complexity index is 1150. The first-order chi connectivity index (χ1) is 15.3. The van der Waals surface area contributed by atoms with Gasteiger partial charge in [0, 0.05) is 5.56 Å². The molecule has 0 aliphatic carbocycles. The standard InChI is InChI=1S/C21H18F6N2O4/c1-10(2)5-13(19(30)31)12-6-14(21(25,26)27)18(17(8-12)32-9-20(22,23)24)11-3-4-15-16(7-11)29-33-28-15/h3-4,6-8,10,13H,5,9H2,1-2H3,(H,30,31)/t13-/m1/s1. The molecular formula is C21H18F6N2O4. The smallest absolute Gasteiger partial charge is 0.422 e. The first-order valence-electron chi connectivity index (χ1n) is 9.66. The van der Waals surface area contributed by atoms with E-state index >= 15 is 0 Å². The number of alkyl halides is 6. The molecule has 3 rings (SSSR count). The molecule has 0 radical (unpaired) electrons. The fourth-order valence-corrected chi connectivity index (χ4v) is 3.42. The summed E-state index contributed by atoms with van der Waals surface area (Å²) in [5, 5.41) is 16.7. The van der Waals surface area contributed by atoms with Gasteiger partial charge in [-0.15, -0.1) is 0 Å². The summed E-state index contributed by atoms with van der Waals surface area (Å²) in [4.78, 5) is 11.8. The maximum atomic E-state index is 14.1. The lowest BCUT2D eigenvalue weighted by atomic mass is 9.86. The molecule has 178 valence electrons. The third-order valence-corrected chi connectivity index (χ3v) is 4.77. The molecule has 0 spiro atoms. The Morgan fingerprint density at radius 1 is 1.06 bits per heavy atom. The molecule has 0 aliphatic rings. The predicted molar refractivity (Wildman–Crippen MR) is 104 cm³/mol. The Morgan fingerprint density at radius 2 is 1.73 bits per heavy atom. The van der Waals surface area contributed by atoms with Crippen molar-refractivity contribution in [3.05, 3.63) is 41.5 Å². The van der Waals surface area contributed by atoms with E-state index < -0.39 is 47.7 Å². The van der Waals surface area contributed by atoms with Crippen LogP contribution in [-0.2, 0) is 11.0 Å². The van der Waals surface area contributed by atoms with Gasteiger partial charge in [-0.05, 0) is 58.0 Å². The van der Waals surface area contributed by atoms with Crippen molar-refractivity contribution in [2.75, 3.05) is 6.61 Å². The van der Waals surface area contributed by atoms with Crippen LogP contribution in [0.4, 0.5) is 26.3 Å². The Balaban J connectivity index is 2.29. The van der Waals surface area contributed by atoms with Gasteiger partial charge in [0.15, 0.2) is 6.61 Å². The zero-order valence-corrected chi connectivity index (χ0v) is 17.3. The maximum Gasteiger partial charge on any atom is 0.422 e. The molecule has 0 bridgehead atoms. The fraction of sp³-hybridized carbons (Fsp3) is 0.381. The Morgan fingerprint density at radius 3 is 2.30 bits per heavy atom. The highest BCUT2D eigenvalue weighted by Gasteiger charge is 2.38. The third kappa shape index (κ3) is 5.74. The van der Waals surface area contributed by atoms with Crippen molar-refractivity contribution in [3.8, 4) is 16.9 Å². The van der Waals surface area contributed by atoms with Crippen LogP contribution in [0.1, 0.15) is 37.3 Å². The minimum Gasteiger partial charge on any atom is -0.483 e. The number of ether oxygens (including phenoxy) is 1. The van der Waals surface area contributed by atoms with E-state index in [1.54, 1.807) is 13.8 Å². The minimum atomic E-state index is -5.03. The van der Waals surface area contributed by atoms with Crippen molar-refractivity contribution in [3.63, 3.8) is 0 Å². The van der Waals surface area contributed by atoms with Crippen molar-refractivity contribution >= 4 is 17.0 Å². The molecule has 2 aromatic carbocycles. The summed E-state index contributed by atoms with van der Waals surface area (Å²) in [6.07, 6.45) is -9.89. The van der Waals surface area contributed by atoms with Gasteiger partial charge >= 0.3 is 18.3 Å². The molecule has 12 heteroatoms. The highest BCUT2D eigenvalue weighted by Crippen LogP contribution is 2.45. The van der Waals surface area contributed by atoms with Crippen LogP contribution in [0, 0.1) is 5.92 Å². The molecule has 0 unspecified atom stereocenters. The van der Waals surface area contributed by atoms with Gasteiger partial charge in [-0.25, -0.2) is 4.63 Å². The number of fused-ring (bicyclic) bond motifs is 1. The van der Waals surface area contributed by atoms with Crippen LogP contribution in [0.5, 0.6) is 5.75 Å². The van der Waals surface area contributed by atoms with Crippen molar-refractivity contribution in [2.24, 2.45) is 5.92 Å². The zero-order chi connectivity index (χ0) is 24.6. The minimum absolute atomic E-state index is 0.0265. The average molecular weight is 476 g/mol. The van der Waals surface area contributed by atoms with Crippen LogP contribution < -0.4 is 4.74 Å². The molecule has 33 heavy (non-hydrogen) atoms. The van der Waals surface area contributed by atoms with Crippen LogP contribution in [0.15, 0.2) is 35.0 Å². The quantitative estimate of drug-likeness (QED) is 0.417. The second-order valence-corrected chi connectivity index (χ2v) is 7.83. The first-order valence-corrected chi connectivity index (χ1v) is 9.66. The lowest BCUT2D eigenvalue weighted by molar-refractivity contribution is -0.153. The Labute approximate surface area is 183 Å². The molecule has 0 saturated carbocycles. The molecular weight excluding hydrogens is 458 g/mol. The van der Waals surface area contributed by atoms with Crippen molar-refractivity contribution in [1.29, 1.82) is 0 Å². The van der Waals surface area contributed by atoms with Crippen LogP contribution in [0.3, 0.4) is 0 Å². The SMILES string of the molecule is CC(C)C[C@@H](C(=O)O)c1cc(OCC(F)(F)F)c(-c2ccc3nonc3c2)c(C(F)(F)F)c1. The molecule has 0 amide bonds. The number of carbonyl (C=O) groups is 1. The van der Waals surface area contributed by atoms with Gasteiger partial charge in [0.1, 0.15) is 16.8 Å². The molecule has 1 N–H and O–H groups in total. The maximum absolute atomic E-state index is 14.1. The van der Waals surface area contributed by atoms with Gasteiger partial charge in [-0.2, -0.15) is 26.3 Å². The molecule has 1 heterocycles. The van der Waals surface area contributed by atoms with Gasteiger partial charge < -0.3 is 9.84 Å². The summed E-state index contributed by atoms with van der Waals surface area (Å²) in [6, 6.07) is 5.23. The third-order valence-electron chi connectivity index (χ3n) is 4.77. The topological polar surface area (TPSA) is 85.5 Å². The number of benzene rings is 2. The van der Waals surface area contributed by atoms with E-state index in [-0.39, 0.29) is 34.5 Å². The van der Waals surface area contributed by atoms with Crippen LogP contribution in [0.25, 0.3) is 22.2 Å². The molecule has 3 aromatic rings. The summed E-state index contributed by atoms with van der Waals surface area (Å²) in [5.74, 6) is -3.73. The van der Waals surface area contributed by atoms with Gasteiger partial charge in [0.05, 0.1) is 11.5 Å². The van der Waals surface area contributed by atoms with E-state index in [0.717, 1.165) is 6.07 Å². The van der Waals surface area contributed by atoms with E-state index in [9.17, 15) is 36.2 Å². The Kier molecular flexibility index (Phi) is 6.57. The van der Waals surface area contributed by atoms with E-state index in [4.69, 9.17) is 4.74 Å². The van der Waals surface area contributed by atoms with Crippen molar-refractivity contribution in [2.45, 2.75) is 38.5 Å². The molecule has 0 aliphatic heterocycles. The van der Waals surface area contributed by atoms with Gasteiger partial charge in [0.25, 0.3) is 0 Å². The second-order valence-electron chi connectivity index (χ2n) is 7.83. The lowest BCUT2D eigenvalue weighted by Crippen LogP contribution is -2.21. The molecule has 6 nitrogen and oxygen atoms in total. The van der Waals surface area contributed by atoms with E-state index in [1.165, 1.54) is 18.2 Å². The number of halogens is 6. The fourth-order valence-electron chi connectivity index (χ4n) is 3.42. The van der Waals surface area contributed by atoms with Crippen LogP contribution >= 0.6 is 0 Å². The number of aliphatic carboxylic acids is 1. The van der Waals surface area contributed by atoms with Crippen molar-refractivity contribution in [1.82, 2.24) is 10.3 Å². The van der Waals surface area contributed by atoms with E-state index in [1.807, 2.05) is 0 Å². The van der Waals surface area contributed by atoms with Crippen molar-refractivity contribution < 1.29 is 45.6 Å². The highest BCUT2D eigenvalue weighted by molar-refractivity contribution is 5.85. The number of carboxylic acids is 1. The summed E-state index contributed by atoms with van der Waals surface area (Å²) < 4.78 is 90.1. The summed E-state index contributed by atoms with van der Waals surface area (Å²) in [7, 11) is 0. The molecule has 1 aromatic heterocycles. The van der Waals surface area contributed by atoms with Gasteiger partial charge in [-0.3, -0.25) is 4.79 Å². The van der Waals surface area contributed by atoms with Crippen LogP contribution in [-0.4, -0.2) is 34.2 Å². The molecule has 1 atom stereocenters. The summed E-state index contributed by atoms with van der Waals surface area (Å²) in [6.45, 7) is 1.49. The number of aromatic nitrogens is 2. The number of nitrogens with zero attached hydrogens (tertiary/aromatic N) is 2. The van der Waals surface area contributed by atoms with Crippen LogP contribution in [0.2, 0.25) is 0 Å². The highest BCUT2D eigenvalue weighted by atomic mass is 19.4. The monoisotopic (exact) mass is 476 g/mol. The Hall–Kier alpha value is -3.31. The zero-order valence-electron chi connectivity index (χ0n) is 17.3. The second kappa shape index (κ2) is 8.91. The lowest BCUT2D eigenvalue weighted by Gasteiger charge is -2.23. The summed E-state index contributed by atoms with van der Waals surface area (Å²) in [5.41, 5.74) is -2.16. The molecule has 0 saturated heterocycles. The largest absolute Gasteiger partial charge is 0.483 e. The molecule has 0 fully saturated rings. The normalized spacial score (nSPS) is 13.5. The van der Waals surface area contributed by atoms with E-state index in [0.29, 0.717) is 6.07 Å². The number of rotatable bonds is 7. The van der Waals surface area contributed by atoms with Gasteiger partial charge in [0.2, 0.25) is 0 Å². The van der Waals surface area contributed by atoms with Gasteiger partial charge in [-0.1, -0.05) is 19.9 Å². The number of carboxylic acid groups (broad SMARTS) is 1. The average Bonchev–Trinajstić information content (AvgIpc) is 3.16. The first kappa shape index (κ1) is 24.3. The number of hydrogen-bond acceptors (Lipinski definition) is 5. The number of hydrogen-bond donors (Lipinski definition) is 1. The van der Waals surface area contributed by atoms with E-state index in [2.05, 4.69) is 14.9 Å².